The summed E-state index contributed by atoms with van der Waals surface area (Å²) in [4.78, 5) is 35.3. The molecule has 1 unspecified atom stereocenters. The molecule has 2 aromatic rings. The number of nitrogens with zero attached hydrogens (tertiary/aromatic N) is 1. The summed E-state index contributed by atoms with van der Waals surface area (Å²) in [6.07, 6.45) is 0.601. The molecule has 1 aromatic carbocycles. The third-order valence-electron chi connectivity index (χ3n) is 4.10. The van der Waals surface area contributed by atoms with Gasteiger partial charge in [0.25, 0.3) is 0 Å². The van der Waals surface area contributed by atoms with Gasteiger partial charge in [-0.3, -0.25) is 24.3 Å². The second-order valence-corrected chi connectivity index (χ2v) is 6.78. The van der Waals surface area contributed by atoms with Crippen LogP contribution in [-0.2, 0) is 14.4 Å². The molecule has 1 fully saturated rings. The Hall–Kier alpha value is -2.30. The number of amides is 3. The van der Waals surface area contributed by atoms with Crippen LogP contribution in [0.15, 0.2) is 18.2 Å². The predicted octanol–water partition coefficient (Wildman–Crippen LogP) is 1.79. The normalized spacial score (nSPS) is 17.6. The highest BCUT2D eigenvalue weighted by molar-refractivity contribution is 14.1. The van der Waals surface area contributed by atoms with Crippen molar-refractivity contribution in [1.29, 1.82) is 0 Å². The highest BCUT2D eigenvalue weighted by Crippen LogP contribution is 2.43. The van der Waals surface area contributed by atoms with Crippen LogP contribution in [0.3, 0.4) is 0 Å². The van der Waals surface area contributed by atoms with Crippen LogP contribution in [0.1, 0.15) is 25.3 Å². The standard InChI is InChI=1S/C16H16IN3O5/c17-7-6-12(22)18-9-3-1-2-8-13(9)16(25)20(15(8)24)10-4-5-11(21)19-14(10)23/h1-3,10,24-25H,4-7H2,(H,18,22)(H,19,21,23). The maximum atomic E-state index is 12.1. The number of nitrogens with one attached hydrogen (secondary N) is 2. The fourth-order valence-corrected chi connectivity index (χ4v) is 3.45. The van der Waals surface area contributed by atoms with E-state index in [0.717, 1.165) is 4.57 Å². The van der Waals surface area contributed by atoms with Crippen molar-refractivity contribution in [3.8, 4) is 11.8 Å². The molecule has 2 heterocycles. The first-order chi connectivity index (χ1) is 11.9. The molecule has 1 aromatic heterocycles. The lowest BCUT2D eigenvalue weighted by molar-refractivity contribution is -0.136. The smallest absolute Gasteiger partial charge is 0.249 e. The molecular formula is C16H16IN3O5. The number of hydrogen-bond acceptors (Lipinski definition) is 5. The molecule has 0 bridgehead atoms. The number of carbonyl (C=O) groups is 3. The summed E-state index contributed by atoms with van der Waals surface area (Å²) >= 11 is 2.09. The van der Waals surface area contributed by atoms with Crippen molar-refractivity contribution in [2.75, 3.05) is 9.74 Å². The Balaban J connectivity index is 2.08. The van der Waals surface area contributed by atoms with E-state index in [4.69, 9.17) is 0 Å². The number of fused-ring (bicyclic) bond motifs is 1. The van der Waals surface area contributed by atoms with Gasteiger partial charge in [-0.1, -0.05) is 28.7 Å². The summed E-state index contributed by atoms with van der Waals surface area (Å²) < 4.78 is 1.74. The van der Waals surface area contributed by atoms with E-state index in [2.05, 4.69) is 33.2 Å². The van der Waals surface area contributed by atoms with Crippen molar-refractivity contribution in [3.63, 3.8) is 0 Å². The molecule has 4 N–H and O–H groups in total. The molecule has 1 atom stereocenters. The van der Waals surface area contributed by atoms with E-state index in [1.54, 1.807) is 18.2 Å². The minimum atomic E-state index is -0.900. The number of piperidine rings is 1. The van der Waals surface area contributed by atoms with Gasteiger partial charge in [-0.2, -0.15) is 0 Å². The molecule has 3 rings (SSSR count). The predicted molar refractivity (Wildman–Crippen MR) is 98.8 cm³/mol. The van der Waals surface area contributed by atoms with Gasteiger partial charge >= 0.3 is 0 Å². The molecule has 8 nitrogen and oxygen atoms in total. The molecule has 0 radical (unpaired) electrons. The van der Waals surface area contributed by atoms with E-state index in [1.165, 1.54) is 0 Å². The third kappa shape index (κ3) is 3.15. The fraction of sp³-hybridized carbons (Fsp3) is 0.312. The summed E-state index contributed by atoms with van der Waals surface area (Å²) in [5.74, 6) is -1.80. The number of imide groups is 1. The van der Waals surface area contributed by atoms with Gasteiger partial charge in [0.05, 0.1) is 11.1 Å². The van der Waals surface area contributed by atoms with Crippen molar-refractivity contribution in [2.45, 2.75) is 25.3 Å². The third-order valence-corrected chi connectivity index (χ3v) is 4.64. The molecule has 0 spiro atoms. The first kappa shape index (κ1) is 17.5. The number of anilines is 1. The van der Waals surface area contributed by atoms with Crippen molar-refractivity contribution < 1.29 is 24.6 Å². The maximum Gasteiger partial charge on any atom is 0.249 e. The lowest BCUT2D eigenvalue weighted by atomic mass is 10.1. The summed E-state index contributed by atoms with van der Waals surface area (Å²) in [5, 5.41) is 26.6. The molecule has 3 amide bonds. The van der Waals surface area contributed by atoms with Crippen molar-refractivity contribution in [1.82, 2.24) is 9.88 Å². The van der Waals surface area contributed by atoms with Gasteiger partial charge in [-0.25, -0.2) is 0 Å². The Morgan fingerprint density at radius 3 is 2.76 bits per heavy atom. The zero-order valence-corrected chi connectivity index (χ0v) is 15.2. The van der Waals surface area contributed by atoms with Crippen LogP contribution in [0.5, 0.6) is 11.8 Å². The van der Waals surface area contributed by atoms with Crippen LogP contribution in [-0.4, -0.2) is 36.9 Å². The highest BCUT2D eigenvalue weighted by Gasteiger charge is 2.33. The van der Waals surface area contributed by atoms with E-state index in [0.29, 0.717) is 21.9 Å². The lowest BCUT2D eigenvalue weighted by Crippen LogP contribution is -2.41. The minimum Gasteiger partial charge on any atom is -0.494 e. The summed E-state index contributed by atoms with van der Waals surface area (Å²) in [6.45, 7) is 0. The average Bonchev–Trinajstić information content (AvgIpc) is 2.81. The largest absolute Gasteiger partial charge is 0.494 e. The van der Waals surface area contributed by atoms with Crippen molar-refractivity contribution in [3.05, 3.63) is 18.2 Å². The van der Waals surface area contributed by atoms with Crippen LogP contribution in [0.25, 0.3) is 10.8 Å². The van der Waals surface area contributed by atoms with Crippen molar-refractivity contribution in [2.24, 2.45) is 0 Å². The van der Waals surface area contributed by atoms with E-state index in [1.807, 2.05) is 0 Å². The van der Waals surface area contributed by atoms with Gasteiger partial charge in [0.1, 0.15) is 6.04 Å². The SMILES string of the molecule is O=C1CCC(n2c(O)c3cccc(NC(=O)CCI)c3c2O)C(=O)N1. The summed E-state index contributed by atoms with van der Waals surface area (Å²) in [7, 11) is 0. The summed E-state index contributed by atoms with van der Waals surface area (Å²) in [5.41, 5.74) is 0.353. The Morgan fingerprint density at radius 1 is 1.32 bits per heavy atom. The number of alkyl halides is 1. The zero-order chi connectivity index (χ0) is 18.1. The Labute approximate surface area is 156 Å². The minimum absolute atomic E-state index is 0.114. The van der Waals surface area contributed by atoms with Crippen LogP contribution >= 0.6 is 22.6 Å². The molecule has 1 aliphatic rings. The van der Waals surface area contributed by atoms with E-state index < -0.39 is 11.9 Å². The first-order valence-corrected chi connectivity index (χ1v) is 9.21. The Morgan fingerprint density at radius 2 is 2.08 bits per heavy atom. The number of halogens is 1. The van der Waals surface area contributed by atoms with E-state index in [-0.39, 0.29) is 41.8 Å². The molecule has 9 heteroatoms. The number of hydrogen-bond donors (Lipinski definition) is 4. The fourth-order valence-electron chi connectivity index (χ4n) is 2.96. The molecule has 1 saturated heterocycles. The first-order valence-electron chi connectivity index (χ1n) is 7.68. The van der Waals surface area contributed by atoms with Crippen LogP contribution < -0.4 is 10.6 Å². The highest BCUT2D eigenvalue weighted by atomic mass is 127. The second-order valence-electron chi connectivity index (χ2n) is 5.70. The number of carbonyl (C=O) groups excluding carboxylic acids is 3. The van der Waals surface area contributed by atoms with E-state index >= 15 is 0 Å². The second kappa shape index (κ2) is 6.90. The molecule has 25 heavy (non-hydrogen) atoms. The van der Waals surface area contributed by atoms with Gasteiger partial charge in [-0.05, 0) is 18.6 Å². The monoisotopic (exact) mass is 457 g/mol. The molecular weight excluding hydrogens is 441 g/mol. The topological polar surface area (TPSA) is 121 Å². The van der Waals surface area contributed by atoms with E-state index in [9.17, 15) is 24.6 Å². The van der Waals surface area contributed by atoms with Gasteiger partial charge < -0.3 is 15.5 Å². The Kier molecular flexibility index (Phi) is 4.84. The maximum absolute atomic E-state index is 12.1. The molecule has 0 aliphatic carbocycles. The summed E-state index contributed by atoms with van der Waals surface area (Å²) in [6, 6.07) is 3.93. The van der Waals surface area contributed by atoms with Gasteiger partial charge in [0.2, 0.25) is 29.5 Å². The quantitative estimate of drug-likeness (QED) is 0.317. The Bertz CT molecular complexity index is 876. The van der Waals surface area contributed by atoms with Crippen LogP contribution in [0.2, 0.25) is 0 Å². The number of rotatable bonds is 4. The molecule has 132 valence electrons. The number of benzene rings is 1. The molecule has 0 saturated carbocycles. The van der Waals surface area contributed by atoms with Crippen LogP contribution in [0.4, 0.5) is 5.69 Å². The average molecular weight is 457 g/mol. The molecule has 1 aliphatic heterocycles. The number of aromatic nitrogens is 1. The van der Waals surface area contributed by atoms with Gasteiger partial charge in [0, 0.05) is 22.7 Å². The van der Waals surface area contributed by atoms with Crippen molar-refractivity contribution >= 4 is 56.8 Å². The lowest BCUT2D eigenvalue weighted by Gasteiger charge is -2.23. The number of aromatic hydroxyl groups is 2. The zero-order valence-electron chi connectivity index (χ0n) is 13.1. The van der Waals surface area contributed by atoms with Gasteiger partial charge in [-0.15, -0.1) is 0 Å². The van der Waals surface area contributed by atoms with Gasteiger partial charge in [0.15, 0.2) is 0 Å². The van der Waals surface area contributed by atoms with Crippen LogP contribution in [0, 0.1) is 0 Å².